The summed E-state index contributed by atoms with van der Waals surface area (Å²) in [6.45, 7) is 0.446. The Morgan fingerprint density at radius 1 is 1.19 bits per heavy atom. The van der Waals surface area contributed by atoms with Crippen LogP contribution < -0.4 is 5.32 Å². The van der Waals surface area contributed by atoms with E-state index in [1.165, 1.54) is 12.1 Å². The van der Waals surface area contributed by atoms with Crippen LogP contribution in [0.2, 0.25) is 5.02 Å². The predicted octanol–water partition coefficient (Wildman–Crippen LogP) is 4.80. The first-order valence-corrected chi connectivity index (χ1v) is 7.39. The molecular formula is C15H10BrClFN3. The van der Waals surface area contributed by atoms with Crippen LogP contribution in [-0.4, -0.2) is 9.97 Å². The van der Waals surface area contributed by atoms with Crippen LogP contribution in [0.3, 0.4) is 0 Å². The number of nitrogens with one attached hydrogen (secondary N) is 1. The number of hydrogen-bond acceptors (Lipinski definition) is 3. The van der Waals surface area contributed by atoms with Crippen molar-refractivity contribution in [3.63, 3.8) is 0 Å². The Bertz CT molecular complexity index is 787. The van der Waals surface area contributed by atoms with E-state index in [-0.39, 0.29) is 5.82 Å². The fourth-order valence-corrected chi connectivity index (χ4v) is 2.93. The Kier molecular flexibility index (Phi) is 4.03. The molecular weight excluding hydrogens is 357 g/mol. The van der Waals surface area contributed by atoms with Gasteiger partial charge in [0.15, 0.2) is 0 Å². The molecule has 1 N–H and O–H groups in total. The number of nitrogens with zero attached hydrogens (tertiary/aromatic N) is 2. The number of fused-ring (bicyclic) bond motifs is 1. The molecule has 0 aliphatic rings. The average Bonchev–Trinajstić information content (AvgIpc) is 2.46. The van der Waals surface area contributed by atoms with Crippen LogP contribution in [0.25, 0.3) is 11.0 Å². The van der Waals surface area contributed by atoms with Crippen molar-refractivity contribution >= 4 is 44.3 Å². The van der Waals surface area contributed by atoms with E-state index in [0.29, 0.717) is 21.7 Å². The van der Waals surface area contributed by atoms with Crippen LogP contribution in [0.15, 0.2) is 47.1 Å². The molecule has 0 radical (unpaired) electrons. The molecule has 3 aromatic rings. The van der Waals surface area contributed by atoms with Crippen molar-refractivity contribution in [2.75, 3.05) is 5.32 Å². The number of para-hydroxylation sites is 2. The summed E-state index contributed by atoms with van der Waals surface area (Å²) in [6.07, 6.45) is 1.71. The van der Waals surface area contributed by atoms with E-state index in [1.54, 1.807) is 6.20 Å². The highest BCUT2D eigenvalue weighted by Crippen LogP contribution is 2.31. The van der Waals surface area contributed by atoms with Gasteiger partial charge in [0.2, 0.25) is 0 Å². The molecule has 0 saturated heterocycles. The summed E-state index contributed by atoms with van der Waals surface area (Å²) in [7, 11) is 0. The number of benzene rings is 2. The van der Waals surface area contributed by atoms with Gasteiger partial charge >= 0.3 is 0 Å². The third-order valence-electron chi connectivity index (χ3n) is 2.95. The minimum atomic E-state index is -0.386. The van der Waals surface area contributed by atoms with Gasteiger partial charge in [0.1, 0.15) is 5.82 Å². The number of aromatic nitrogens is 2. The van der Waals surface area contributed by atoms with Gasteiger partial charge < -0.3 is 5.32 Å². The first-order chi connectivity index (χ1) is 10.1. The lowest BCUT2D eigenvalue weighted by molar-refractivity contribution is 0.627. The van der Waals surface area contributed by atoms with E-state index >= 15 is 0 Å². The molecule has 6 heteroatoms. The normalized spacial score (nSPS) is 10.8. The third-order valence-corrected chi connectivity index (χ3v) is 3.88. The molecule has 0 aliphatic heterocycles. The first kappa shape index (κ1) is 14.2. The molecule has 0 atom stereocenters. The van der Waals surface area contributed by atoms with Crippen molar-refractivity contribution in [1.82, 2.24) is 9.97 Å². The maximum Gasteiger partial charge on any atom is 0.125 e. The van der Waals surface area contributed by atoms with E-state index in [0.717, 1.165) is 16.7 Å². The molecule has 0 spiro atoms. The van der Waals surface area contributed by atoms with Crippen LogP contribution in [0.4, 0.5) is 10.1 Å². The predicted molar refractivity (Wildman–Crippen MR) is 86.0 cm³/mol. The van der Waals surface area contributed by atoms with Gasteiger partial charge in [-0.3, -0.25) is 4.98 Å². The van der Waals surface area contributed by atoms with Gasteiger partial charge in [0.05, 0.1) is 40.2 Å². The molecule has 0 amide bonds. The van der Waals surface area contributed by atoms with E-state index in [9.17, 15) is 4.39 Å². The van der Waals surface area contributed by atoms with Gasteiger partial charge in [-0.2, -0.15) is 0 Å². The zero-order valence-corrected chi connectivity index (χ0v) is 13.1. The van der Waals surface area contributed by atoms with E-state index in [2.05, 4.69) is 31.2 Å². The Balaban J connectivity index is 1.83. The first-order valence-electron chi connectivity index (χ1n) is 6.22. The van der Waals surface area contributed by atoms with Crippen molar-refractivity contribution < 1.29 is 4.39 Å². The summed E-state index contributed by atoms with van der Waals surface area (Å²) in [5.41, 5.74) is 3.09. The second kappa shape index (κ2) is 5.95. The number of halogens is 3. The second-order valence-corrected chi connectivity index (χ2v) is 5.71. The molecule has 0 saturated carbocycles. The number of hydrogen-bond donors (Lipinski definition) is 1. The average molecular weight is 367 g/mol. The lowest BCUT2D eigenvalue weighted by Crippen LogP contribution is -2.04. The zero-order valence-electron chi connectivity index (χ0n) is 10.8. The lowest BCUT2D eigenvalue weighted by Gasteiger charge is -2.10. The highest BCUT2D eigenvalue weighted by Gasteiger charge is 2.08. The Morgan fingerprint density at radius 2 is 1.95 bits per heavy atom. The maximum absolute atomic E-state index is 13.2. The molecule has 1 heterocycles. The minimum absolute atomic E-state index is 0.315. The maximum atomic E-state index is 13.2. The van der Waals surface area contributed by atoms with Crippen molar-refractivity contribution in [1.29, 1.82) is 0 Å². The highest BCUT2D eigenvalue weighted by atomic mass is 79.9. The van der Waals surface area contributed by atoms with E-state index in [4.69, 9.17) is 11.6 Å². The molecule has 0 bridgehead atoms. The van der Waals surface area contributed by atoms with Gasteiger partial charge in [-0.05, 0) is 40.2 Å². The largest absolute Gasteiger partial charge is 0.377 e. The molecule has 0 fully saturated rings. The van der Waals surface area contributed by atoms with Crippen LogP contribution >= 0.6 is 27.5 Å². The molecule has 0 aliphatic carbocycles. The quantitative estimate of drug-likeness (QED) is 0.724. The summed E-state index contributed by atoms with van der Waals surface area (Å²) in [5.74, 6) is -0.386. The monoisotopic (exact) mass is 365 g/mol. The van der Waals surface area contributed by atoms with Gasteiger partial charge in [-0.25, -0.2) is 9.37 Å². The SMILES string of the molecule is Fc1cc(Cl)c(NCc2cnc3ccccc3n2)c(Br)c1. The Hall–Kier alpha value is -1.72. The van der Waals surface area contributed by atoms with Crippen molar-refractivity contribution in [3.05, 3.63) is 63.6 Å². The molecule has 21 heavy (non-hydrogen) atoms. The smallest absolute Gasteiger partial charge is 0.125 e. The lowest BCUT2D eigenvalue weighted by atomic mass is 10.3. The third kappa shape index (κ3) is 3.14. The molecule has 1 aromatic heterocycles. The van der Waals surface area contributed by atoms with Crippen LogP contribution in [0, 0.1) is 5.82 Å². The summed E-state index contributed by atoms with van der Waals surface area (Å²) >= 11 is 9.32. The van der Waals surface area contributed by atoms with E-state index < -0.39 is 0 Å². The van der Waals surface area contributed by atoms with Crippen molar-refractivity contribution in [2.45, 2.75) is 6.54 Å². The number of anilines is 1. The Morgan fingerprint density at radius 3 is 2.71 bits per heavy atom. The molecule has 3 nitrogen and oxygen atoms in total. The summed E-state index contributed by atoms with van der Waals surface area (Å²) in [5, 5.41) is 3.46. The van der Waals surface area contributed by atoms with Gasteiger partial charge in [0.25, 0.3) is 0 Å². The van der Waals surface area contributed by atoms with Crippen LogP contribution in [0.5, 0.6) is 0 Å². The fraction of sp³-hybridized carbons (Fsp3) is 0.0667. The molecule has 2 aromatic carbocycles. The van der Waals surface area contributed by atoms with Gasteiger partial charge in [-0.1, -0.05) is 23.7 Å². The molecule has 106 valence electrons. The molecule has 0 unspecified atom stereocenters. The van der Waals surface area contributed by atoms with E-state index in [1.807, 2.05) is 24.3 Å². The van der Waals surface area contributed by atoms with Crippen molar-refractivity contribution in [2.24, 2.45) is 0 Å². The highest BCUT2D eigenvalue weighted by molar-refractivity contribution is 9.10. The summed E-state index contributed by atoms with van der Waals surface area (Å²) in [6, 6.07) is 10.3. The van der Waals surface area contributed by atoms with Crippen LogP contribution in [-0.2, 0) is 6.54 Å². The molecule has 3 rings (SSSR count). The summed E-state index contributed by atoms with van der Waals surface area (Å²) in [4.78, 5) is 8.85. The minimum Gasteiger partial charge on any atom is -0.377 e. The standard InChI is InChI=1S/C15H10BrClFN3/c16-11-5-9(18)6-12(17)15(11)20-8-10-7-19-13-3-1-2-4-14(13)21-10/h1-7,20H,8H2. The topological polar surface area (TPSA) is 37.8 Å². The second-order valence-electron chi connectivity index (χ2n) is 4.45. The summed E-state index contributed by atoms with van der Waals surface area (Å²) < 4.78 is 13.8. The zero-order chi connectivity index (χ0) is 14.8. The number of rotatable bonds is 3. The van der Waals surface area contributed by atoms with Gasteiger partial charge in [-0.15, -0.1) is 0 Å². The van der Waals surface area contributed by atoms with Gasteiger partial charge in [0, 0.05) is 4.47 Å². The van der Waals surface area contributed by atoms with Crippen LogP contribution in [0.1, 0.15) is 5.69 Å². The Labute approximate surface area is 134 Å². The fourth-order valence-electron chi connectivity index (χ4n) is 1.97. The van der Waals surface area contributed by atoms with Crippen molar-refractivity contribution in [3.8, 4) is 0 Å².